The van der Waals surface area contributed by atoms with E-state index in [1.807, 2.05) is 0 Å². The highest BCUT2D eigenvalue weighted by atomic mass is 35.5. The number of nitrogens with zero attached hydrogens (tertiary/aromatic N) is 6. The van der Waals surface area contributed by atoms with E-state index < -0.39 is 0 Å². The Kier molecular flexibility index (Phi) is 3.58. The van der Waals surface area contributed by atoms with Crippen molar-refractivity contribution in [1.29, 1.82) is 0 Å². The first-order valence-electron chi connectivity index (χ1n) is 5.76. The molecule has 0 saturated carbocycles. The van der Waals surface area contributed by atoms with E-state index in [0.717, 1.165) is 0 Å². The summed E-state index contributed by atoms with van der Waals surface area (Å²) in [5, 5.41) is 4.36. The van der Waals surface area contributed by atoms with Gasteiger partial charge in [0.1, 0.15) is 18.4 Å². The molecule has 3 rings (SSSR count). The quantitative estimate of drug-likeness (QED) is 0.545. The Bertz CT molecular complexity index is 748. The number of anilines is 1. The molecule has 106 valence electrons. The minimum Gasteiger partial charge on any atom is -0.423 e. The molecular weight excluding hydrogens is 296 g/mol. The molecular formula is C11H9ClN8O. The maximum absolute atomic E-state index is 6.02. The molecule has 0 aliphatic carbocycles. The van der Waals surface area contributed by atoms with Crippen molar-refractivity contribution in [2.24, 2.45) is 5.84 Å². The molecule has 21 heavy (non-hydrogen) atoms. The minimum atomic E-state index is 0.0246. The first-order chi connectivity index (χ1) is 10.3. The minimum absolute atomic E-state index is 0.0246. The van der Waals surface area contributed by atoms with E-state index in [2.05, 4.69) is 30.5 Å². The van der Waals surface area contributed by atoms with Gasteiger partial charge in [-0.05, 0) is 12.1 Å². The van der Waals surface area contributed by atoms with Crippen LogP contribution in [0.25, 0.3) is 5.95 Å². The Balaban J connectivity index is 1.99. The lowest BCUT2D eigenvalue weighted by molar-refractivity contribution is 0.438. The Hall–Kier alpha value is -2.78. The summed E-state index contributed by atoms with van der Waals surface area (Å²) in [4.78, 5) is 16.0. The van der Waals surface area contributed by atoms with Crippen molar-refractivity contribution < 1.29 is 4.74 Å². The molecule has 0 unspecified atom stereocenters. The van der Waals surface area contributed by atoms with Crippen molar-refractivity contribution in [3.63, 3.8) is 0 Å². The number of hydrogen-bond donors (Lipinski definition) is 2. The smallest absolute Gasteiger partial charge is 0.328 e. The number of hydrazine groups is 1. The third-order valence-corrected chi connectivity index (χ3v) is 2.71. The van der Waals surface area contributed by atoms with E-state index in [4.69, 9.17) is 22.2 Å². The average Bonchev–Trinajstić information content (AvgIpc) is 3.04. The normalized spacial score (nSPS) is 10.4. The monoisotopic (exact) mass is 304 g/mol. The lowest BCUT2D eigenvalue weighted by Gasteiger charge is -2.08. The highest BCUT2D eigenvalue weighted by Crippen LogP contribution is 2.27. The summed E-state index contributed by atoms with van der Waals surface area (Å²) in [6.07, 6.45) is 2.79. The van der Waals surface area contributed by atoms with Crippen molar-refractivity contribution in [3.8, 4) is 17.7 Å². The molecule has 0 saturated heterocycles. The van der Waals surface area contributed by atoms with Crippen molar-refractivity contribution in [3.05, 3.63) is 41.9 Å². The number of nitrogen functional groups attached to an aromatic ring is 1. The summed E-state index contributed by atoms with van der Waals surface area (Å²) in [5.41, 5.74) is 2.33. The maximum atomic E-state index is 6.02. The first kappa shape index (κ1) is 13.2. The van der Waals surface area contributed by atoms with E-state index in [-0.39, 0.29) is 17.9 Å². The topological polar surface area (TPSA) is 117 Å². The maximum Gasteiger partial charge on any atom is 0.328 e. The van der Waals surface area contributed by atoms with Crippen LogP contribution in [0.2, 0.25) is 5.02 Å². The molecule has 0 aliphatic heterocycles. The molecule has 10 heteroatoms. The molecule has 0 fully saturated rings. The second-order valence-electron chi connectivity index (χ2n) is 3.76. The number of hydrogen-bond acceptors (Lipinski definition) is 8. The van der Waals surface area contributed by atoms with Crippen LogP contribution in [0.5, 0.6) is 11.8 Å². The number of nitrogens with one attached hydrogen (secondary N) is 1. The van der Waals surface area contributed by atoms with Gasteiger partial charge in [-0.2, -0.15) is 24.7 Å². The van der Waals surface area contributed by atoms with Crippen molar-refractivity contribution >= 4 is 17.5 Å². The molecule has 0 bridgehead atoms. The van der Waals surface area contributed by atoms with E-state index in [1.165, 1.54) is 17.3 Å². The lowest BCUT2D eigenvalue weighted by Crippen LogP contribution is -2.14. The van der Waals surface area contributed by atoms with Gasteiger partial charge >= 0.3 is 6.01 Å². The van der Waals surface area contributed by atoms with Crippen LogP contribution in [0.4, 0.5) is 5.95 Å². The molecule has 0 aliphatic rings. The van der Waals surface area contributed by atoms with Gasteiger partial charge in [0.25, 0.3) is 5.95 Å². The van der Waals surface area contributed by atoms with Crippen LogP contribution in [0.1, 0.15) is 0 Å². The second kappa shape index (κ2) is 5.69. The van der Waals surface area contributed by atoms with Crippen LogP contribution in [0.15, 0.2) is 36.9 Å². The number of halogens is 1. The summed E-state index contributed by atoms with van der Waals surface area (Å²) in [6, 6.07) is 6.98. The Morgan fingerprint density at radius 3 is 2.76 bits per heavy atom. The van der Waals surface area contributed by atoms with Crippen LogP contribution in [-0.4, -0.2) is 29.7 Å². The number of aromatic nitrogens is 6. The van der Waals surface area contributed by atoms with Crippen molar-refractivity contribution in [2.45, 2.75) is 0 Å². The number of benzene rings is 1. The molecule has 1 aromatic carbocycles. The van der Waals surface area contributed by atoms with Crippen LogP contribution in [-0.2, 0) is 0 Å². The summed E-state index contributed by atoms with van der Waals surface area (Å²) >= 11 is 6.02. The SMILES string of the molecule is NNc1nc(Oc2ccccc2Cl)nc(-n2cncn2)n1. The summed E-state index contributed by atoms with van der Waals surface area (Å²) < 4.78 is 6.89. The molecule has 0 spiro atoms. The number of ether oxygens (including phenoxy) is 1. The Morgan fingerprint density at radius 2 is 2.05 bits per heavy atom. The van der Waals surface area contributed by atoms with E-state index in [9.17, 15) is 0 Å². The molecule has 0 amide bonds. The van der Waals surface area contributed by atoms with Crippen LogP contribution in [0.3, 0.4) is 0 Å². The van der Waals surface area contributed by atoms with Crippen molar-refractivity contribution in [1.82, 2.24) is 29.7 Å². The van der Waals surface area contributed by atoms with E-state index in [1.54, 1.807) is 24.3 Å². The summed E-state index contributed by atoms with van der Waals surface area (Å²) in [5.74, 6) is 6.08. The third kappa shape index (κ3) is 2.88. The molecule has 3 N–H and O–H groups in total. The molecule has 2 aromatic heterocycles. The van der Waals surface area contributed by atoms with Gasteiger partial charge in [-0.15, -0.1) is 0 Å². The third-order valence-electron chi connectivity index (χ3n) is 2.39. The summed E-state index contributed by atoms with van der Waals surface area (Å²) in [7, 11) is 0. The van der Waals surface area contributed by atoms with Gasteiger partial charge < -0.3 is 4.74 Å². The lowest BCUT2D eigenvalue weighted by atomic mass is 10.3. The zero-order valence-corrected chi connectivity index (χ0v) is 11.3. The fraction of sp³-hybridized carbons (Fsp3) is 0. The van der Waals surface area contributed by atoms with Gasteiger partial charge in [-0.25, -0.2) is 10.8 Å². The Morgan fingerprint density at radius 1 is 1.19 bits per heavy atom. The zero-order chi connectivity index (χ0) is 14.7. The van der Waals surface area contributed by atoms with Gasteiger partial charge in [-0.1, -0.05) is 23.7 Å². The van der Waals surface area contributed by atoms with Gasteiger partial charge in [0, 0.05) is 0 Å². The van der Waals surface area contributed by atoms with Gasteiger partial charge in [0.2, 0.25) is 5.95 Å². The number of para-hydroxylation sites is 1. The zero-order valence-electron chi connectivity index (χ0n) is 10.5. The van der Waals surface area contributed by atoms with E-state index >= 15 is 0 Å². The van der Waals surface area contributed by atoms with Crippen molar-refractivity contribution in [2.75, 3.05) is 5.43 Å². The molecule has 0 radical (unpaired) electrons. The highest BCUT2D eigenvalue weighted by Gasteiger charge is 2.11. The summed E-state index contributed by atoms with van der Waals surface area (Å²) in [6.45, 7) is 0. The first-order valence-corrected chi connectivity index (χ1v) is 6.14. The molecule has 3 aromatic rings. The average molecular weight is 305 g/mol. The molecule has 2 heterocycles. The van der Waals surface area contributed by atoms with Gasteiger partial charge in [0.05, 0.1) is 5.02 Å². The van der Waals surface area contributed by atoms with Crippen LogP contribution < -0.4 is 16.0 Å². The fourth-order valence-electron chi connectivity index (χ4n) is 1.50. The fourth-order valence-corrected chi connectivity index (χ4v) is 1.67. The predicted molar refractivity (Wildman–Crippen MR) is 74.1 cm³/mol. The molecule has 9 nitrogen and oxygen atoms in total. The van der Waals surface area contributed by atoms with Crippen LogP contribution >= 0.6 is 11.6 Å². The highest BCUT2D eigenvalue weighted by molar-refractivity contribution is 6.32. The van der Waals surface area contributed by atoms with Gasteiger partial charge in [0.15, 0.2) is 0 Å². The molecule has 0 atom stereocenters. The number of nitrogens with two attached hydrogens (primary N) is 1. The second-order valence-corrected chi connectivity index (χ2v) is 4.17. The standard InChI is InChI=1S/C11H9ClN8O/c12-7-3-1-2-4-8(7)21-11-17-9(19-13)16-10(18-11)20-6-14-5-15-20/h1-6H,13H2,(H,16,17,18,19). The Labute approximate surface area is 123 Å². The van der Waals surface area contributed by atoms with Crippen LogP contribution in [0, 0.1) is 0 Å². The largest absolute Gasteiger partial charge is 0.423 e. The number of rotatable bonds is 4. The predicted octanol–water partition coefficient (Wildman–Crippen LogP) is 1.18. The van der Waals surface area contributed by atoms with Gasteiger partial charge in [-0.3, -0.25) is 5.43 Å². The van der Waals surface area contributed by atoms with E-state index in [0.29, 0.717) is 10.8 Å².